The van der Waals surface area contributed by atoms with Gasteiger partial charge in [0.25, 0.3) is 0 Å². The Morgan fingerprint density at radius 1 is 1.44 bits per heavy atom. The molecule has 0 fully saturated rings. The summed E-state index contributed by atoms with van der Waals surface area (Å²) in [6, 6.07) is 0. The van der Waals surface area contributed by atoms with Crippen molar-refractivity contribution in [3.63, 3.8) is 0 Å². The predicted octanol–water partition coefficient (Wildman–Crippen LogP) is -0.696. The van der Waals surface area contributed by atoms with Crippen molar-refractivity contribution in [2.45, 2.75) is 0 Å². The van der Waals surface area contributed by atoms with Crippen LogP contribution in [0.1, 0.15) is 0 Å². The number of rotatable bonds is 6. The van der Waals surface area contributed by atoms with Crippen molar-refractivity contribution < 1.29 is 24.7 Å². The van der Waals surface area contributed by atoms with E-state index in [0.29, 0.717) is 0 Å². The molecule has 0 spiro atoms. The van der Waals surface area contributed by atoms with E-state index >= 15 is 0 Å². The van der Waals surface area contributed by atoms with E-state index in [9.17, 15) is 19.7 Å². The van der Waals surface area contributed by atoms with E-state index in [2.05, 4.69) is 5.10 Å². The molecule has 1 heterocycles. The molecule has 0 amide bonds. The first-order valence-electron chi connectivity index (χ1n) is 4.68. The summed E-state index contributed by atoms with van der Waals surface area (Å²) in [7, 11) is 1.41. The van der Waals surface area contributed by atoms with Crippen LogP contribution >= 0.6 is 0 Å². The van der Waals surface area contributed by atoms with E-state index in [1.54, 1.807) is 0 Å². The fourth-order valence-corrected chi connectivity index (χ4v) is 1.35. The minimum absolute atomic E-state index is 0.285. The number of aromatic nitrogens is 2. The lowest BCUT2D eigenvalue weighted by Gasteiger charge is -2.16. The van der Waals surface area contributed by atoms with Gasteiger partial charge in [0.2, 0.25) is 5.82 Å². The minimum atomic E-state index is -1.31. The SMILES string of the molecule is Cn1cc([N+](=O)[O-])c(N(CC(=O)O)CC(=O)O)n1. The van der Waals surface area contributed by atoms with Crippen LogP contribution < -0.4 is 4.90 Å². The molecule has 0 atom stereocenters. The van der Waals surface area contributed by atoms with Crippen LogP contribution in [0.4, 0.5) is 11.5 Å². The molecule has 10 heteroatoms. The summed E-state index contributed by atoms with van der Waals surface area (Å²) in [6.45, 7) is -1.38. The number of carboxylic acid groups (broad SMARTS) is 2. The molecule has 0 unspecified atom stereocenters. The van der Waals surface area contributed by atoms with Gasteiger partial charge >= 0.3 is 17.6 Å². The van der Waals surface area contributed by atoms with Gasteiger partial charge in [0.1, 0.15) is 19.3 Å². The van der Waals surface area contributed by atoms with E-state index in [4.69, 9.17) is 10.2 Å². The second-order valence-corrected chi connectivity index (χ2v) is 3.41. The third-order valence-electron chi connectivity index (χ3n) is 1.94. The Morgan fingerprint density at radius 2 is 1.94 bits per heavy atom. The second-order valence-electron chi connectivity index (χ2n) is 3.41. The van der Waals surface area contributed by atoms with E-state index in [1.165, 1.54) is 7.05 Å². The van der Waals surface area contributed by atoms with Crippen LogP contribution in [0.3, 0.4) is 0 Å². The topological polar surface area (TPSA) is 139 Å². The number of carboxylic acids is 2. The van der Waals surface area contributed by atoms with E-state index in [0.717, 1.165) is 15.8 Å². The molecule has 0 aromatic carbocycles. The van der Waals surface area contributed by atoms with Gasteiger partial charge in [0.15, 0.2) is 0 Å². The molecule has 18 heavy (non-hydrogen) atoms. The largest absolute Gasteiger partial charge is 0.480 e. The number of hydrogen-bond donors (Lipinski definition) is 2. The number of nitro groups is 1. The number of anilines is 1. The van der Waals surface area contributed by atoms with E-state index < -0.39 is 35.6 Å². The molecule has 0 saturated carbocycles. The molecule has 0 aliphatic carbocycles. The highest BCUT2D eigenvalue weighted by Crippen LogP contribution is 2.25. The van der Waals surface area contributed by atoms with E-state index in [-0.39, 0.29) is 5.82 Å². The summed E-state index contributed by atoms with van der Waals surface area (Å²) >= 11 is 0. The minimum Gasteiger partial charge on any atom is -0.480 e. The van der Waals surface area contributed by atoms with Crippen LogP contribution in [0, 0.1) is 10.1 Å². The Labute approximate surface area is 100 Å². The van der Waals surface area contributed by atoms with Crippen LogP contribution in [0.15, 0.2) is 6.20 Å². The van der Waals surface area contributed by atoms with Crippen molar-refractivity contribution in [3.05, 3.63) is 16.3 Å². The number of aliphatic carboxylic acids is 2. The Hall–Kier alpha value is -2.65. The van der Waals surface area contributed by atoms with Crippen LogP contribution in [0.5, 0.6) is 0 Å². The molecule has 98 valence electrons. The van der Waals surface area contributed by atoms with Crippen molar-refractivity contribution in [3.8, 4) is 0 Å². The molecule has 2 N–H and O–H groups in total. The maximum Gasteiger partial charge on any atom is 0.330 e. The summed E-state index contributed by atoms with van der Waals surface area (Å²) in [5.74, 6) is -2.90. The predicted molar refractivity (Wildman–Crippen MR) is 57.3 cm³/mol. The lowest BCUT2D eigenvalue weighted by atomic mass is 10.4. The van der Waals surface area contributed by atoms with Crippen LogP contribution in [0.25, 0.3) is 0 Å². The highest BCUT2D eigenvalue weighted by Gasteiger charge is 2.26. The number of aryl methyl sites for hydroxylation is 1. The molecule has 1 rings (SSSR count). The zero-order chi connectivity index (χ0) is 13.9. The molecule has 1 aromatic heterocycles. The van der Waals surface area contributed by atoms with Crippen molar-refractivity contribution >= 4 is 23.4 Å². The molecule has 0 bridgehead atoms. The molecule has 10 nitrogen and oxygen atoms in total. The van der Waals surface area contributed by atoms with Crippen LogP contribution in [-0.4, -0.2) is 49.9 Å². The Balaban J connectivity index is 3.14. The average Bonchev–Trinajstić information content (AvgIpc) is 2.58. The van der Waals surface area contributed by atoms with E-state index in [1.807, 2.05) is 0 Å². The number of hydrogen-bond acceptors (Lipinski definition) is 6. The van der Waals surface area contributed by atoms with Gasteiger partial charge in [-0.05, 0) is 0 Å². The standard InChI is InChI=1S/C8H10N4O6/c1-10-2-5(12(17)18)8(9-10)11(3-6(13)14)4-7(15)16/h2H,3-4H2,1H3,(H,13,14)(H,15,16). The van der Waals surface area contributed by atoms with Crippen molar-refractivity contribution in [1.82, 2.24) is 9.78 Å². The van der Waals surface area contributed by atoms with Crippen molar-refractivity contribution in [2.75, 3.05) is 18.0 Å². The summed E-state index contributed by atoms with van der Waals surface area (Å²) < 4.78 is 1.12. The van der Waals surface area contributed by atoms with Gasteiger partial charge in [0.05, 0.1) is 4.92 Å². The molecule has 0 radical (unpaired) electrons. The molecular weight excluding hydrogens is 248 g/mol. The molecule has 0 aliphatic heterocycles. The highest BCUT2D eigenvalue weighted by molar-refractivity contribution is 5.80. The lowest BCUT2D eigenvalue weighted by molar-refractivity contribution is -0.384. The molecular formula is C8H10N4O6. The number of carbonyl (C=O) groups is 2. The summed E-state index contributed by atoms with van der Waals surface area (Å²) in [5, 5.41) is 31.8. The van der Waals surface area contributed by atoms with Crippen molar-refractivity contribution in [1.29, 1.82) is 0 Å². The van der Waals surface area contributed by atoms with Crippen molar-refractivity contribution in [2.24, 2.45) is 7.05 Å². The normalized spacial score (nSPS) is 10.1. The zero-order valence-electron chi connectivity index (χ0n) is 9.31. The molecule has 0 saturated heterocycles. The maximum atomic E-state index is 10.7. The lowest BCUT2D eigenvalue weighted by Crippen LogP contribution is -2.35. The smallest absolute Gasteiger partial charge is 0.330 e. The van der Waals surface area contributed by atoms with Crippen LogP contribution in [-0.2, 0) is 16.6 Å². The van der Waals surface area contributed by atoms with Gasteiger partial charge in [-0.2, -0.15) is 0 Å². The van der Waals surface area contributed by atoms with Gasteiger partial charge in [-0.15, -0.1) is 5.10 Å². The molecule has 1 aromatic rings. The average molecular weight is 258 g/mol. The van der Waals surface area contributed by atoms with Gasteiger partial charge in [0, 0.05) is 7.05 Å². The highest BCUT2D eigenvalue weighted by atomic mass is 16.6. The first kappa shape index (κ1) is 13.4. The number of nitrogens with zero attached hydrogens (tertiary/aromatic N) is 4. The first-order valence-corrected chi connectivity index (χ1v) is 4.68. The fraction of sp³-hybridized carbons (Fsp3) is 0.375. The summed E-state index contributed by atoms with van der Waals surface area (Å²) in [4.78, 5) is 32.0. The Morgan fingerprint density at radius 3 is 2.33 bits per heavy atom. The monoisotopic (exact) mass is 258 g/mol. The third-order valence-corrected chi connectivity index (χ3v) is 1.94. The Bertz CT molecular complexity index is 480. The first-order chi connectivity index (χ1) is 8.31. The zero-order valence-corrected chi connectivity index (χ0v) is 9.31. The Kier molecular flexibility index (Phi) is 3.82. The maximum absolute atomic E-state index is 10.7. The summed E-state index contributed by atoms with van der Waals surface area (Å²) in [5.41, 5.74) is -0.444. The third kappa shape index (κ3) is 3.17. The molecule has 0 aliphatic rings. The quantitative estimate of drug-likeness (QED) is 0.504. The van der Waals surface area contributed by atoms with Gasteiger partial charge in [-0.1, -0.05) is 0 Å². The second kappa shape index (κ2) is 5.12. The fourth-order valence-electron chi connectivity index (χ4n) is 1.35. The van der Waals surface area contributed by atoms with Gasteiger partial charge < -0.3 is 15.1 Å². The van der Waals surface area contributed by atoms with Gasteiger partial charge in [-0.25, -0.2) is 0 Å². The summed E-state index contributed by atoms with van der Waals surface area (Å²) in [6.07, 6.45) is 1.08. The van der Waals surface area contributed by atoms with Crippen LogP contribution in [0.2, 0.25) is 0 Å². The van der Waals surface area contributed by atoms with Gasteiger partial charge in [-0.3, -0.25) is 24.4 Å².